The Morgan fingerprint density at radius 1 is 1.24 bits per heavy atom. The fourth-order valence-corrected chi connectivity index (χ4v) is 3.77. The molecule has 1 fully saturated rings. The summed E-state index contributed by atoms with van der Waals surface area (Å²) in [6, 6.07) is 5.37. The van der Waals surface area contributed by atoms with Crippen LogP contribution < -0.4 is 4.74 Å². The van der Waals surface area contributed by atoms with Crippen molar-refractivity contribution in [3.8, 4) is 5.75 Å². The summed E-state index contributed by atoms with van der Waals surface area (Å²) in [5.74, 6) is -0.655. The van der Waals surface area contributed by atoms with Gasteiger partial charge in [0.25, 0.3) is 0 Å². The summed E-state index contributed by atoms with van der Waals surface area (Å²) in [5.41, 5.74) is 0.0510. The van der Waals surface area contributed by atoms with Crippen molar-refractivity contribution in [2.45, 2.75) is 50.0 Å². The number of hydrogen-bond acceptors (Lipinski definition) is 2. The number of fused-ring (bicyclic) bond motifs is 1. The molecule has 1 aliphatic carbocycles. The van der Waals surface area contributed by atoms with Gasteiger partial charge in [-0.25, -0.2) is 0 Å². The lowest BCUT2D eigenvalue weighted by molar-refractivity contribution is -0.193. The number of ether oxygens (including phenoxy) is 1. The molecule has 2 nitrogen and oxygen atoms in total. The first-order valence-corrected chi connectivity index (χ1v) is 7.82. The summed E-state index contributed by atoms with van der Waals surface area (Å²) in [4.78, 5) is 0. The smallest absolute Gasteiger partial charge is 0.391 e. The summed E-state index contributed by atoms with van der Waals surface area (Å²) in [6.45, 7) is 0. The molecule has 0 bridgehead atoms. The zero-order valence-electron chi connectivity index (χ0n) is 11.3. The van der Waals surface area contributed by atoms with Gasteiger partial charge in [0, 0.05) is 16.5 Å². The van der Waals surface area contributed by atoms with Crippen molar-refractivity contribution >= 4 is 15.9 Å². The first-order valence-electron chi connectivity index (χ1n) is 7.02. The van der Waals surface area contributed by atoms with Crippen LogP contribution in [-0.2, 0) is 0 Å². The van der Waals surface area contributed by atoms with Gasteiger partial charge in [-0.05, 0) is 43.9 Å². The van der Waals surface area contributed by atoms with Gasteiger partial charge in [-0.15, -0.1) is 0 Å². The molecular weight excluding hydrogens is 349 g/mol. The van der Waals surface area contributed by atoms with Gasteiger partial charge in [0.15, 0.2) is 0 Å². The zero-order valence-corrected chi connectivity index (χ0v) is 12.9. The van der Waals surface area contributed by atoms with Crippen LogP contribution in [0.4, 0.5) is 13.2 Å². The fourth-order valence-electron chi connectivity index (χ4n) is 3.39. The first-order chi connectivity index (χ1) is 9.79. The van der Waals surface area contributed by atoms with E-state index in [0.717, 1.165) is 4.47 Å². The summed E-state index contributed by atoms with van der Waals surface area (Å²) in [7, 11) is 0. The SMILES string of the molecule is OC1CC2(CCC(C(F)(F)F)CC2)Oc2ccc(Br)cc21. The average molecular weight is 365 g/mol. The Hall–Kier alpha value is -0.750. The third-order valence-corrected chi connectivity index (χ3v) is 5.08. The predicted octanol–water partition coefficient (Wildman–Crippen LogP) is 4.76. The molecule has 1 aliphatic heterocycles. The van der Waals surface area contributed by atoms with Crippen LogP contribution in [0.1, 0.15) is 43.8 Å². The molecular formula is C15H16BrF3O2. The van der Waals surface area contributed by atoms with Crippen LogP contribution in [0.25, 0.3) is 0 Å². The molecule has 2 aliphatic rings. The van der Waals surface area contributed by atoms with E-state index >= 15 is 0 Å². The first kappa shape index (κ1) is 15.2. The van der Waals surface area contributed by atoms with Gasteiger partial charge in [-0.3, -0.25) is 0 Å². The Balaban J connectivity index is 1.79. The highest BCUT2D eigenvalue weighted by Gasteiger charge is 2.49. The summed E-state index contributed by atoms with van der Waals surface area (Å²) in [6.07, 6.45) is -3.63. The van der Waals surface area contributed by atoms with E-state index in [-0.39, 0.29) is 12.8 Å². The molecule has 6 heteroatoms. The summed E-state index contributed by atoms with van der Waals surface area (Å²) < 4.78 is 45.1. The lowest BCUT2D eigenvalue weighted by Gasteiger charge is -2.45. The van der Waals surface area contributed by atoms with Crippen LogP contribution in [0.15, 0.2) is 22.7 Å². The van der Waals surface area contributed by atoms with Crippen molar-refractivity contribution in [3.05, 3.63) is 28.2 Å². The molecule has 1 aromatic carbocycles. The van der Waals surface area contributed by atoms with E-state index in [9.17, 15) is 18.3 Å². The molecule has 0 radical (unpaired) electrons. The molecule has 1 N–H and O–H groups in total. The van der Waals surface area contributed by atoms with Crippen LogP contribution in [0.2, 0.25) is 0 Å². The number of aliphatic hydroxyl groups is 1. The molecule has 1 unspecified atom stereocenters. The minimum absolute atomic E-state index is 0.0715. The van der Waals surface area contributed by atoms with Gasteiger partial charge in [0.1, 0.15) is 11.4 Å². The predicted molar refractivity (Wildman–Crippen MR) is 75.1 cm³/mol. The quantitative estimate of drug-likeness (QED) is 0.719. The Kier molecular flexibility index (Phi) is 3.72. The molecule has 0 aromatic heterocycles. The van der Waals surface area contributed by atoms with Gasteiger partial charge >= 0.3 is 6.18 Å². The maximum Gasteiger partial charge on any atom is 0.391 e. The van der Waals surface area contributed by atoms with Gasteiger partial charge in [0.05, 0.1) is 12.0 Å². The van der Waals surface area contributed by atoms with Crippen LogP contribution in [0.5, 0.6) is 5.75 Å². The molecule has 3 rings (SSSR count). The molecule has 1 spiro atoms. The molecule has 116 valence electrons. The zero-order chi connectivity index (χ0) is 15.3. The molecule has 21 heavy (non-hydrogen) atoms. The lowest BCUT2D eigenvalue weighted by Crippen LogP contribution is -2.46. The van der Waals surface area contributed by atoms with Gasteiger partial charge in [0.2, 0.25) is 0 Å². The second kappa shape index (κ2) is 5.16. The second-order valence-corrected chi connectivity index (χ2v) is 6.92. The number of rotatable bonds is 0. The molecule has 0 amide bonds. The standard InChI is InChI=1S/C15H16BrF3O2/c16-10-1-2-13-11(7-10)12(20)8-14(21-13)5-3-9(4-6-14)15(17,18)19/h1-2,7,9,12,20H,3-6,8H2. The van der Waals surface area contributed by atoms with Crippen LogP contribution in [0.3, 0.4) is 0 Å². The summed E-state index contributed by atoms with van der Waals surface area (Å²) >= 11 is 3.34. The number of hydrogen-bond donors (Lipinski definition) is 1. The topological polar surface area (TPSA) is 29.5 Å². The maximum absolute atomic E-state index is 12.8. The van der Waals surface area contributed by atoms with Crippen molar-refractivity contribution in [2.24, 2.45) is 5.92 Å². The van der Waals surface area contributed by atoms with Crippen molar-refractivity contribution in [1.29, 1.82) is 0 Å². The minimum Gasteiger partial charge on any atom is -0.487 e. The van der Waals surface area contributed by atoms with E-state index in [1.165, 1.54) is 0 Å². The van der Waals surface area contributed by atoms with Crippen LogP contribution in [-0.4, -0.2) is 16.9 Å². The van der Waals surface area contributed by atoms with E-state index in [0.29, 0.717) is 30.6 Å². The highest BCUT2D eigenvalue weighted by molar-refractivity contribution is 9.10. The number of aliphatic hydroxyl groups excluding tert-OH is 1. The number of alkyl halides is 3. The van der Waals surface area contributed by atoms with Crippen LogP contribution >= 0.6 is 15.9 Å². The fraction of sp³-hybridized carbons (Fsp3) is 0.600. The van der Waals surface area contributed by atoms with Gasteiger partial charge < -0.3 is 9.84 Å². The van der Waals surface area contributed by atoms with Crippen molar-refractivity contribution in [1.82, 2.24) is 0 Å². The highest BCUT2D eigenvalue weighted by atomic mass is 79.9. The van der Waals surface area contributed by atoms with Crippen molar-refractivity contribution in [2.75, 3.05) is 0 Å². The minimum atomic E-state index is -4.13. The largest absolute Gasteiger partial charge is 0.487 e. The second-order valence-electron chi connectivity index (χ2n) is 6.00. The lowest BCUT2D eigenvalue weighted by atomic mass is 9.74. The normalized spacial score (nSPS) is 32.6. The number of benzene rings is 1. The van der Waals surface area contributed by atoms with E-state index in [2.05, 4.69) is 15.9 Å². The van der Waals surface area contributed by atoms with E-state index in [4.69, 9.17) is 4.74 Å². The Morgan fingerprint density at radius 3 is 2.52 bits per heavy atom. The number of halogens is 4. The van der Waals surface area contributed by atoms with E-state index < -0.39 is 23.8 Å². The maximum atomic E-state index is 12.8. The molecule has 1 saturated carbocycles. The molecule has 1 aromatic rings. The van der Waals surface area contributed by atoms with E-state index in [1.807, 2.05) is 6.07 Å². The van der Waals surface area contributed by atoms with E-state index in [1.54, 1.807) is 12.1 Å². The Labute approximate surface area is 129 Å². The van der Waals surface area contributed by atoms with Crippen molar-refractivity contribution < 1.29 is 23.0 Å². The van der Waals surface area contributed by atoms with Gasteiger partial charge in [-0.2, -0.15) is 13.2 Å². The monoisotopic (exact) mass is 364 g/mol. The highest BCUT2D eigenvalue weighted by Crippen LogP contribution is 2.50. The average Bonchev–Trinajstić information content (AvgIpc) is 2.39. The van der Waals surface area contributed by atoms with Crippen molar-refractivity contribution in [3.63, 3.8) is 0 Å². The van der Waals surface area contributed by atoms with Crippen LogP contribution in [0, 0.1) is 5.92 Å². The Bertz CT molecular complexity index is 536. The Morgan fingerprint density at radius 2 is 1.90 bits per heavy atom. The molecule has 1 heterocycles. The third-order valence-electron chi connectivity index (χ3n) is 4.58. The molecule has 0 saturated heterocycles. The third kappa shape index (κ3) is 2.93. The van der Waals surface area contributed by atoms with Gasteiger partial charge in [-0.1, -0.05) is 15.9 Å². The molecule has 1 atom stereocenters. The summed E-state index contributed by atoms with van der Waals surface area (Å²) in [5, 5.41) is 10.3.